The molecule has 2 nitrogen and oxygen atoms in total. The maximum Gasteiger partial charge on any atom is 0.261 e. The third-order valence-corrected chi connectivity index (χ3v) is 4.13. The van der Waals surface area contributed by atoms with Gasteiger partial charge >= 0.3 is 0 Å². The lowest BCUT2D eigenvalue weighted by atomic mass is 9.90. The zero-order valence-corrected chi connectivity index (χ0v) is 10.1. The third-order valence-electron chi connectivity index (χ3n) is 2.89. The molecule has 1 unspecified atom stereocenters. The van der Waals surface area contributed by atoms with E-state index in [1.54, 1.807) is 11.3 Å². The van der Waals surface area contributed by atoms with Crippen LogP contribution in [0.2, 0.25) is 0 Å². The van der Waals surface area contributed by atoms with Crippen LogP contribution in [0.5, 0.6) is 0 Å². The quantitative estimate of drug-likeness (QED) is 0.820. The van der Waals surface area contributed by atoms with Crippen LogP contribution in [0, 0.1) is 5.92 Å². The van der Waals surface area contributed by atoms with Crippen LogP contribution in [-0.2, 0) is 12.8 Å². The maximum absolute atomic E-state index is 11.6. The van der Waals surface area contributed by atoms with Gasteiger partial charge in [0.2, 0.25) is 0 Å². The van der Waals surface area contributed by atoms with Gasteiger partial charge in [-0.15, -0.1) is 11.3 Å². The molecule has 1 atom stereocenters. The molecular formula is C12H17NOS. The van der Waals surface area contributed by atoms with Crippen molar-refractivity contribution < 1.29 is 4.79 Å². The largest absolute Gasteiger partial charge is 0.352 e. The minimum atomic E-state index is 0.0875. The molecule has 0 aromatic carbocycles. The normalized spacial score (nSPS) is 19.7. The molecule has 1 aromatic heterocycles. The van der Waals surface area contributed by atoms with E-state index in [2.05, 4.69) is 18.3 Å². The lowest BCUT2D eigenvalue weighted by Crippen LogP contribution is -2.21. The number of hydrogen-bond donors (Lipinski definition) is 1. The second kappa shape index (κ2) is 4.35. The summed E-state index contributed by atoms with van der Waals surface area (Å²) in [6.45, 7) is 4.94. The molecule has 0 spiro atoms. The molecular weight excluding hydrogens is 206 g/mol. The van der Waals surface area contributed by atoms with Gasteiger partial charge in [-0.05, 0) is 43.7 Å². The molecule has 3 heteroatoms. The van der Waals surface area contributed by atoms with Crippen molar-refractivity contribution in [2.45, 2.75) is 33.1 Å². The fourth-order valence-electron chi connectivity index (χ4n) is 2.07. The van der Waals surface area contributed by atoms with Crippen LogP contribution in [0.25, 0.3) is 0 Å². The Morgan fingerprint density at radius 3 is 3.20 bits per heavy atom. The van der Waals surface area contributed by atoms with Crippen LogP contribution in [0.15, 0.2) is 6.07 Å². The van der Waals surface area contributed by atoms with Crippen molar-refractivity contribution >= 4 is 17.2 Å². The van der Waals surface area contributed by atoms with E-state index in [1.807, 2.05) is 6.92 Å². The minimum Gasteiger partial charge on any atom is -0.352 e. The molecule has 0 saturated heterocycles. The van der Waals surface area contributed by atoms with Gasteiger partial charge < -0.3 is 5.32 Å². The summed E-state index contributed by atoms with van der Waals surface area (Å²) in [5, 5.41) is 2.85. The van der Waals surface area contributed by atoms with E-state index in [1.165, 1.54) is 16.9 Å². The van der Waals surface area contributed by atoms with Crippen molar-refractivity contribution in [3.05, 3.63) is 21.4 Å². The number of thiophene rings is 1. The Balaban J connectivity index is 2.19. The first kappa shape index (κ1) is 10.7. The highest BCUT2D eigenvalue weighted by molar-refractivity contribution is 7.14. The number of carbonyl (C=O) groups is 1. The second-order valence-electron chi connectivity index (χ2n) is 4.27. The van der Waals surface area contributed by atoms with Crippen molar-refractivity contribution in [2.75, 3.05) is 6.54 Å². The zero-order valence-electron chi connectivity index (χ0n) is 9.30. The van der Waals surface area contributed by atoms with Gasteiger partial charge in [0.1, 0.15) is 0 Å². The standard InChI is InChI=1S/C12H17NOS/c1-3-13-12(14)11-7-9-6-8(2)4-5-10(9)15-11/h7-8H,3-6H2,1-2H3,(H,13,14). The van der Waals surface area contributed by atoms with Gasteiger partial charge in [-0.2, -0.15) is 0 Å². The van der Waals surface area contributed by atoms with Gasteiger partial charge in [-0.1, -0.05) is 6.92 Å². The summed E-state index contributed by atoms with van der Waals surface area (Å²) in [5.41, 5.74) is 1.40. The van der Waals surface area contributed by atoms with Crippen LogP contribution in [0.3, 0.4) is 0 Å². The van der Waals surface area contributed by atoms with Crippen LogP contribution in [0.4, 0.5) is 0 Å². The lowest BCUT2D eigenvalue weighted by Gasteiger charge is -2.16. The van der Waals surface area contributed by atoms with Crippen LogP contribution >= 0.6 is 11.3 Å². The molecule has 1 N–H and O–H groups in total. The number of carbonyl (C=O) groups excluding carboxylic acids is 1. The first-order valence-corrected chi connectivity index (χ1v) is 6.42. The monoisotopic (exact) mass is 223 g/mol. The van der Waals surface area contributed by atoms with Crippen molar-refractivity contribution in [3.8, 4) is 0 Å². The molecule has 0 saturated carbocycles. The topological polar surface area (TPSA) is 29.1 Å². The van der Waals surface area contributed by atoms with E-state index < -0.39 is 0 Å². The fourth-order valence-corrected chi connectivity index (χ4v) is 3.19. The molecule has 0 radical (unpaired) electrons. The fraction of sp³-hybridized carbons (Fsp3) is 0.583. The number of amides is 1. The van der Waals surface area contributed by atoms with Gasteiger partial charge in [-0.25, -0.2) is 0 Å². The lowest BCUT2D eigenvalue weighted by molar-refractivity contribution is 0.0960. The molecule has 15 heavy (non-hydrogen) atoms. The smallest absolute Gasteiger partial charge is 0.261 e. The second-order valence-corrected chi connectivity index (χ2v) is 5.40. The molecule has 0 bridgehead atoms. The highest BCUT2D eigenvalue weighted by Crippen LogP contribution is 2.31. The SMILES string of the molecule is CCNC(=O)c1cc2c(s1)CCC(C)C2. The zero-order chi connectivity index (χ0) is 10.8. The Bertz CT molecular complexity index is 370. The average molecular weight is 223 g/mol. The molecule has 1 heterocycles. The molecule has 2 rings (SSSR count). The summed E-state index contributed by atoms with van der Waals surface area (Å²) in [4.78, 5) is 14.0. The summed E-state index contributed by atoms with van der Waals surface area (Å²) in [7, 11) is 0. The minimum absolute atomic E-state index is 0.0875. The Morgan fingerprint density at radius 1 is 1.67 bits per heavy atom. The number of hydrogen-bond acceptors (Lipinski definition) is 2. The summed E-state index contributed by atoms with van der Waals surface area (Å²) in [5.74, 6) is 0.860. The molecule has 1 aliphatic rings. The highest BCUT2D eigenvalue weighted by Gasteiger charge is 2.20. The predicted molar refractivity (Wildman–Crippen MR) is 63.5 cm³/mol. The first-order chi connectivity index (χ1) is 7.20. The van der Waals surface area contributed by atoms with Gasteiger partial charge in [0.25, 0.3) is 5.91 Å². The molecule has 1 amide bonds. The van der Waals surface area contributed by atoms with E-state index in [4.69, 9.17) is 0 Å². The van der Waals surface area contributed by atoms with E-state index in [-0.39, 0.29) is 5.91 Å². The Labute approximate surface area is 94.7 Å². The van der Waals surface area contributed by atoms with Gasteiger partial charge in [0, 0.05) is 11.4 Å². The molecule has 0 aliphatic heterocycles. The Kier molecular flexibility index (Phi) is 3.10. The number of fused-ring (bicyclic) bond motifs is 1. The average Bonchev–Trinajstić information content (AvgIpc) is 2.60. The number of aryl methyl sites for hydroxylation is 1. The first-order valence-electron chi connectivity index (χ1n) is 5.60. The van der Waals surface area contributed by atoms with Crippen molar-refractivity contribution in [2.24, 2.45) is 5.92 Å². The molecule has 1 aromatic rings. The highest BCUT2D eigenvalue weighted by atomic mass is 32.1. The number of rotatable bonds is 2. The number of nitrogens with one attached hydrogen (secondary N) is 1. The summed E-state index contributed by atoms with van der Waals surface area (Å²) in [6, 6.07) is 2.08. The molecule has 82 valence electrons. The van der Waals surface area contributed by atoms with Crippen molar-refractivity contribution in [3.63, 3.8) is 0 Å². The van der Waals surface area contributed by atoms with Gasteiger partial charge in [-0.3, -0.25) is 4.79 Å². The van der Waals surface area contributed by atoms with E-state index in [0.29, 0.717) is 6.54 Å². The van der Waals surface area contributed by atoms with E-state index in [0.717, 1.165) is 23.6 Å². The van der Waals surface area contributed by atoms with Gasteiger partial charge in [0.05, 0.1) is 4.88 Å². The van der Waals surface area contributed by atoms with Gasteiger partial charge in [0.15, 0.2) is 0 Å². The van der Waals surface area contributed by atoms with E-state index in [9.17, 15) is 4.79 Å². The predicted octanol–water partition coefficient (Wildman–Crippen LogP) is 2.62. The molecule has 1 aliphatic carbocycles. The summed E-state index contributed by atoms with van der Waals surface area (Å²) in [6.07, 6.45) is 3.56. The van der Waals surface area contributed by atoms with Crippen LogP contribution in [0.1, 0.15) is 40.4 Å². The van der Waals surface area contributed by atoms with Crippen molar-refractivity contribution in [1.29, 1.82) is 0 Å². The Morgan fingerprint density at radius 2 is 2.47 bits per heavy atom. The van der Waals surface area contributed by atoms with E-state index >= 15 is 0 Å². The third kappa shape index (κ3) is 2.23. The maximum atomic E-state index is 11.6. The van der Waals surface area contributed by atoms with Crippen molar-refractivity contribution in [1.82, 2.24) is 5.32 Å². The molecule has 0 fully saturated rings. The van der Waals surface area contributed by atoms with Crippen LogP contribution < -0.4 is 5.32 Å². The van der Waals surface area contributed by atoms with Crippen LogP contribution in [-0.4, -0.2) is 12.5 Å². The summed E-state index contributed by atoms with van der Waals surface area (Å²) < 4.78 is 0. The Hall–Kier alpha value is -0.830. The summed E-state index contributed by atoms with van der Waals surface area (Å²) >= 11 is 1.67.